The first kappa shape index (κ1) is 18.7. The highest BCUT2D eigenvalue weighted by Crippen LogP contribution is 2.30. The molecule has 2 fully saturated rings. The molecule has 1 aromatic heterocycles. The van der Waals surface area contributed by atoms with Gasteiger partial charge in [-0.1, -0.05) is 6.42 Å². The molecule has 1 aliphatic heterocycles. The van der Waals surface area contributed by atoms with Gasteiger partial charge in [0.15, 0.2) is 0 Å². The Morgan fingerprint density at radius 1 is 1.07 bits per heavy atom. The van der Waals surface area contributed by atoms with E-state index < -0.39 is 10.0 Å². The van der Waals surface area contributed by atoms with E-state index >= 15 is 0 Å². The Balaban J connectivity index is 1.51. The summed E-state index contributed by atoms with van der Waals surface area (Å²) in [5.41, 5.74) is 1.69. The van der Waals surface area contributed by atoms with Crippen molar-refractivity contribution in [2.45, 2.75) is 49.6 Å². The molecule has 1 saturated heterocycles. The van der Waals surface area contributed by atoms with Gasteiger partial charge in [0.1, 0.15) is 0 Å². The molecule has 0 unspecified atom stereocenters. The molecule has 0 spiro atoms. The van der Waals surface area contributed by atoms with Crippen molar-refractivity contribution in [3.05, 3.63) is 52.2 Å². The lowest BCUT2D eigenvalue weighted by Crippen LogP contribution is -2.35. The van der Waals surface area contributed by atoms with Crippen molar-refractivity contribution in [1.82, 2.24) is 9.21 Å². The van der Waals surface area contributed by atoms with Gasteiger partial charge in [-0.3, -0.25) is 4.79 Å². The first-order valence-corrected chi connectivity index (χ1v) is 11.9. The second kappa shape index (κ2) is 7.73. The molecular formula is C20H24N2O3S2. The van der Waals surface area contributed by atoms with E-state index in [4.69, 9.17) is 0 Å². The Morgan fingerprint density at radius 3 is 2.37 bits per heavy atom. The van der Waals surface area contributed by atoms with Gasteiger partial charge in [-0.25, -0.2) is 8.42 Å². The normalized spacial score (nSPS) is 18.4. The average Bonchev–Trinajstić information content (AvgIpc) is 3.42. The summed E-state index contributed by atoms with van der Waals surface area (Å²) < 4.78 is 27.1. The number of nitrogens with zero attached hydrogens (tertiary/aromatic N) is 2. The van der Waals surface area contributed by atoms with E-state index in [-0.39, 0.29) is 10.8 Å². The summed E-state index contributed by atoms with van der Waals surface area (Å²) in [4.78, 5) is 15.2. The molecule has 1 aliphatic carbocycles. The Bertz CT molecular complexity index is 882. The Morgan fingerprint density at radius 2 is 1.78 bits per heavy atom. The molecule has 0 radical (unpaired) electrons. The van der Waals surface area contributed by atoms with Gasteiger partial charge in [-0.05, 0) is 72.3 Å². The quantitative estimate of drug-likeness (QED) is 0.737. The molecular weight excluding hydrogens is 380 g/mol. The van der Waals surface area contributed by atoms with Crippen LogP contribution in [-0.2, 0) is 16.6 Å². The number of hydrogen-bond donors (Lipinski definition) is 0. The van der Waals surface area contributed by atoms with Crippen molar-refractivity contribution in [2.24, 2.45) is 0 Å². The molecule has 1 saturated carbocycles. The lowest BCUT2D eigenvalue weighted by Gasteiger charge is -2.26. The van der Waals surface area contributed by atoms with Gasteiger partial charge in [0.25, 0.3) is 5.91 Å². The summed E-state index contributed by atoms with van der Waals surface area (Å²) >= 11 is 1.63. The highest BCUT2D eigenvalue weighted by Gasteiger charge is 2.33. The first-order chi connectivity index (χ1) is 13.1. The summed E-state index contributed by atoms with van der Waals surface area (Å²) in [6.07, 6.45) is 4.98. The predicted octanol–water partition coefficient (Wildman–Crippen LogP) is 3.73. The van der Waals surface area contributed by atoms with Crippen LogP contribution in [0.15, 0.2) is 46.0 Å². The number of amides is 1. The second-order valence-electron chi connectivity index (χ2n) is 7.28. The number of hydrogen-bond acceptors (Lipinski definition) is 4. The van der Waals surface area contributed by atoms with Crippen molar-refractivity contribution in [3.63, 3.8) is 0 Å². The van der Waals surface area contributed by atoms with E-state index in [1.165, 1.54) is 0 Å². The Kier molecular flexibility index (Phi) is 5.34. The maximum atomic E-state index is 13.0. The number of rotatable bonds is 6. The molecule has 2 heterocycles. The van der Waals surface area contributed by atoms with Crippen LogP contribution in [0, 0.1) is 0 Å². The number of piperidine rings is 1. The molecule has 0 bridgehead atoms. The van der Waals surface area contributed by atoms with Crippen LogP contribution in [0.4, 0.5) is 0 Å². The first-order valence-electron chi connectivity index (χ1n) is 9.48. The Hall–Kier alpha value is -1.70. The maximum Gasteiger partial charge on any atom is 0.254 e. The Labute approximate surface area is 164 Å². The summed E-state index contributed by atoms with van der Waals surface area (Å²) in [5.74, 6) is -0.0226. The summed E-state index contributed by atoms with van der Waals surface area (Å²) in [6.45, 7) is 1.78. The van der Waals surface area contributed by atoms with Gasteiger partial charge in [0.2, 0.25) is 10.0 Å². The summed E-state index contributed by atoms with van der Waals surface area (Å²) in [5, 5.41) is 4.09. The van der Waals surface area contributed by atoms with Gasteiger partial charge in [-0.15, -0.1) is 0 Å². The van der Waals surface area contributed by atoms with E-state index in [2.05, 4.69) is 5.38 Å². The fraction of sp³-hybridized carbons (Fsp3) is 0.450. The minimum Gasteiger partial charge on any atom is -0.331 e. The third kappa shape index (κ3) is 4.10. The standard InChI is InChI=1S/C20H24N2O3S2/c23-20(22(18-6-7-18)14-16-10-13-26-15-16)17-4-8-19(9-5-17)27(24,25)21-11-2-1-3-12-21/h4-5,8-10,13,15,18H,1-3,6-7,11-12,14H2. The second-order valence-corrected chi connectivity index (χ2v) is 10.0. The molecule has 144 valence electrons. The number of benzene rings is 1. The minimum absolute atomic E-state index is 0.0226. The van der Waals surface area contributed by atoms with Crippen molar-refractivity contribution < 1.29 is 13.2 Å². The average molecular weight is 405 g/mol. The summed E-state index contributed by atoms with van der Waals surface area (Å²) in [6, 6.07) is 8.81. The van der Waals surface area contributed by atoms with Crippen LogP contribution < -0.4 is 0 Å². The number of carbonyl (C=O) groups excluding carboxylic acids is 1. The zero-order chi connectivity index (χ0) is 18.9. The van der Waals surface area contributed by atoms with E-state index in [0.29, 0.717) is 31.2 Å². The fourth-order valence-electron chi connectivity index (χ4n) is 3.52. The molecule has 27 heavy (non-hydrogen) atoms. The lowest BCUT2D eigenvalue weighted by molar-refractivity contribution is 0.0730. The third-order valence-electron chi connectivity index (χ3n) is 5.24. The van der Waals surface area contributed by atoms with Gasteiger partial charge in [0, 0.05) is 31.2 Å². The van der Waals surface area contributed by atoms with Crippen molar-refractivity contribution in [2.75, 3.05) is 13.1 Å². The topological polar surface area (TPSA) is 57.7 Å². The van der Waals surface area contributed by atoms with Crippen LogP contribution >= 0.6 is 11.3 Å². The van der Waals surface area contributed by atoms with E-state index in [1.54, 1.807) is 39.9 Å². The van der Waals surface area contributed by atoms with Crippen LogP contribution in [0.2, 0.25) is 0 Å². The fourth-order valence-corrected chi connectivity index (χ4v) is 5.70. The number of sulfonamides is 1. The van der Waals surface area contributed by atoms with Gasteiger partial charge >= 0.3 is 0 Å². The molecule has 2 aromatic rings. The molecule has 4 rings (SSSR count). The van der Waals surface area contributed by atoms with Gasteiger partial charge < -0.3 is 4.90 Å². The van der Waals surface area contributed by atoms with Crippen LogP contribution in [0.5, 0.6) is 0 Å². The SMILES string of the molecule is O=C(c1ccc(S(=O)(=O)N2CCCCC2)cc1)N(Cc1ccsc1)C1CC1. The molecule has 0 N–H and O–H groups in total. The highest BCUT2D eigenvalue weighted by atomic mass is 32.2. The molecule has 0 atom stereocenters. The number of thiophene rings is 1. The van der Waals surface area contributed by atoms with Gasteiger partial charge in [-0.2, -0.15) is 15.6 Å². The van der Waals surface area contributed by atoms with Crippen molar-refractivity contribution in [3.8, 4) is 0 Å². The zero-order valence-corrected chi connectivity index (χ0v) is 16.8. The number of carbonyl (C=O) groups is 1. The predicted molar refractivity (Wildman–Crippen MR) is 106 cm³/mol. The zero-order valence-electron chi connectivity index (χ0n) is 15.2. The monoisotopic (exact) mass is 404 g/mol. The van der Waals surface area contributed by atoms with Crippen molar-refractivity contribution in [1.29, 1.82) is 0 Å². The largest absolute Gasteiger partial charge is 0.331 e. The van der Waals surface area contributed by atoms with E-state index in [9.17, 15) is 13.2 Å². The molecule has 5 nitrogen and oxygen atoms in total. The highest BCUT2D eigenvalue weighted by molar-refractivity contribution is 7.89. The molecule has 1 amide bonds. The van der Waals surface area contributed by atoms with Crippen LogP contribution in [0.3, 0.4) is 0 Å². The van der Waals surface area contributed by atoms with E-state index in [1.807, 2.05) is 16.3 Å². The van der Waals surface area contributed by atoms with E-state index in [0.717, 1.165) is 37.7 Å². The molecule has 2 aliphatic rings. The van der Waals surface area contributed by atoms with Crippen LogP contribution in [-0.4, -0.2) is 42.7 Å². The smallest absolute Gasteiger partial charge is 0.254 e. The summed E-state index contributed by atoms with van der Waals surface area (Å²) in [7, 11) is -3.46. The van der Waals surface area contributed by atoms with Crippen molar-refractivity contribution >= 4 is 27.3 Å². The minimum atomic E-state index is -3.46. The van der Waals surface area contributed by atoms with Crippen LogP contribution in [0.25, 0.3) is 0 Å². The third-order valence-corrected chi connectivity index (χ3v) is 7.88. The molecule has 7 heteroatoms. The van der Waals surface area contributed by atoms with Crippen LogP contribution in [0.1, 0.15) is 48.0 Å². The maximum absolute atomic E-state index is 13.0. The molecule has 1 aromatic carbocycles. The lowest BCUT2D eigenvalue weighted by atomic mass is 10.2. The van der Waals surface area contributed by atoms with Gasteiger partial charge in [0.05, 0.1) is 4.90 Å².